The summed E-state index contributed by atoms with van der Waals surface area (Å²) in [5.74, 6) is 0. The number of hydrogen-bond acceptors (Lipinski definition) is 3. The van der Waals surface area contributed by atoms with Gasteiger partial charge in [0.15, 0.2) is 0 Å². The normalized spacial score (nSPS) is 18.1. The van der Waals surface area contributed by atoms with E-state index in [1.165, 1.54) is 33.4 Å². The van der Waals surface area contributed by atoms with Crippen molar-refractivity contribution in [2.45, 2.75) is 65.1 Å². The van der Waals surface area contributed by atoms with E-state index in [9.17, 15) is 0 Å². The van der Waals surface area contributed by atoms with Crippen LogP contribution in [-0.2, 0) is 14.7 Å². The van der Waals surface area contributed by atoms with Gasteiger partial charge in [0.2, 0.25) is 0 Å². The van der Waals surface area contributed by atoms with Crippen molar-refractivity contribution in [1.29, 1.82) is 0 Å². The van der Waals surface area contributed by atoms with E-state index in [-0.39, 0.29) is 16.6 Å². The summed E-state index contributed by atoms with van der Waals surface area (Å²) in [7, 11) is -0.406. The van der Waals surface area contributed by atoms with Crippen LogP contribution in [0.25, 0.3) is 16.7 Å². The Kier molecular flexibility index (Phi) is 7.56. The van der Waals surface area contributed by atoms with E-state index in [4.69, 9.17) is 9.31 Å². The lowest BCUT2D eigenvalue weighted by atomic mass is 9.79. The number of anilines is 3. The summed E-state index contributed by atoms with van der Waals surface area (Å²) in [6.45, 7) is 19.1. The molecule has 4 aromatic carbocycles. The standard InChI is InChI=1S/C40H42BNO2/c1-9-10-19-35-28(2)33-26-25-32(27-36(33)38(35,3)4)42(37-20-15-14-18-34(37)29-16-12-11-13-17-29)31-23-21-30(22-24-31)41-43-39(5,6)40(7,8)44-41/h9-27H,1H2,2-8H3/b19-10-. The van der Waals surface area contributed by atoms with E-state index in [1.54, 1.807) is 0 Å². The Morgan fingerprint density at radius 1 is 0.705 bits per heavy atom. The average molecular weight is 580 g/mol. The molecule has 1 fully saturated rings. The molecular weight excluding hydrogens is 537 g/mol. The van der Waals surface area contributed by atoms with Gasteiger partial charge in [-0.1, -0.05) is 105 Å². The molecule has 4 heteroatoms. The average Bonchev–Trinajstić information content (AvgIpc) is 3.35. The summed E-state index contributed by atoms with van der Waals surface area (Å²) in [5, 5.41) is 0. The number of rotatable bonds is 7. The molecule has 1 aliphatic carbocycles. The molecule has 4 aromatic rings. The fraction of sp³-hybridized carbons (Fsp3) is 0.250. The number of hydrogen-bond donors (Lipinski definition) is 0. The molecule has 6 rings (SSSR count). The van der Waals surface area contributed by atoms with Crippen molar-refractivity contribution < 1.29 is 9.31 Å². The van der Waals surface area contributed by atoms with Crippen molar-refractivity contribution in [2.75, 3.05) is 4.90 Å². The van der Waals surface area contributed by atoms with Crippen molar-refractivity contribution in [3.05, 3.63) is 139 Å². The zero-order valence-electron chi connectivity index (χ0n) is 27.0. The molecule has 1 aliphatic heterocycles. The van der Waals surface area contributed by atoms with Crippen molar-refractivity contribution in [3.8, 4) is 11.1 Å². The number of fused-ring (bicyclic) bond motifs is 1. The van der Waals surface area contributed by atoms with Crippen LogP contribution in [0.1, 0.15) is 59.6 Å². The van der Waals surface area contributed by atoms with Gasteiger partial charge in [-0.05, 0) is 98.2 Å². The first-order valence-corrected chi connectivity index (χ1v) is 15.5. The lowest BCUT2D eigenvalue weighted by Crippen LogP contribution is -2.41. The van der Waals surface area contributed by atoms with Crippen LogP contribution in [0.2, 0.25) is 0 Å². The second-order valence-corrected chi connectivity index (χ2v) is 13.4. The molecule has 0 atom stereocenters. The molecule has 0 saturated carbocycles. The van der Waals surface area contributed by atoms with Crippen LogP contribution in [0.5, 0.6) is 0 Å². The third-order valence-corrected chi connectivity index (χ3v) is 9.72. The summed E-state index contributed by atoms with van der Waals surface area (Å²) >= 11 is 0. The summed E-state index contributed by atoms with van der Waals surface area (Å²) in [6, 6.07) is 34.8. The minimum absolute atomic E-state index is 0.139. The van der Waals surface area contributed by atoms with Crippen LogP contribution in [0, 0.1) is 0 Å². The van der Waals surface area contributed by atoms with Crippen molar-refractivity contribution in [2.24, 2.45) is 0 Å². The molecule has 0 radical (unpaired) electrons. The molecule has 3 nitrogen and oxygen atoms in total. The highest BCUT2D eigenvalue weighted by Crippen LogP contribution is 2.49. The van der Waals surface area contributed by atoms with Crippen LogP contribution in [0.15, 0.2) is 127 Å². The minimum atomic E-state index is -0.406. The van der Waals surface area contributed by atoms with Gasteiger partial charge in [-0.2, -0.15) is 0 Å². The maximum atomic E-state index is 6.37. The second kappa shape index (κ2) is 11.1. The van der Waals surface area contributed by atoms with E-state index in [2.05, 4.69) is 163 Å². The zero-order chi connectivity index (χ0) is 31.3. The summed E-state index contributed by atoms with van der Waals surface area (Å²) in [5.41, 5.74) is 11.0. The van der Waals surface area contributed by atoms with Crippen LogP contribution in [0.3, 0.4) is 0 Å². The third-order valence-electron chi connectivity index (χ3n) is 9.72. The number of benzene rings is 4. The zero-order valence-corrected chi connectivity index (χ0v) is 27.0. The van der Waals surface area contributed by atoms with Gasteiger partial charge < -0.3 is 14.2 Å². The molecule has 2 aliphatic rings. The SMILES string of the molecule is C=C/C=C\C1=C(C)c2ccc(N(c3ccc(B4OC(C)(C)C(C)(C)O4)cc3)c3ccccc3-c3ccccc3)cc2C1(C)C. The van der Waals surface area contributed by atoms with E-state index in [1.807, 2.05) is 12.2 Å². The Morgan fingerprint density at radius 2 is 1.32 bits per heavy atom. The smallest absolute Gasteiger partial charge is 0.399 e. The van der Waals surface area contributed by atoms with Crippen molar-refractivity contribution in [3.63, 3.8) is 0 Å². The highest BCUT2D eigenvalue weighted by Gasteiger charge is 2.51. The van der Waals surface area contributed by atoms with Crippen LogP contribution in [0.4, 0.5) is 17.1 Å². The molecular formula is C40H42BNO2. The molecule has 0 aromatic heterocycles. The van der Waals surface area contributed by atoms with E-state index in [0.29, 0.717) is 0 Å². The quantitative estimate of drug-likeness (QED) is 0.161. The molecule has 0 unspecified atom stereocenters. The highest BCUT2D eigenvalue weighted by molar-refractivity contribution is 6.62. The Morgan fingerprint density at radius 3 is 1.98 bits per heavy atom. The van der Waals surface area contributed by atoms with Gasteiger partial charge in [-0.3, -0.25) is 0 Å². The van der Waals surface area contributed by atoms with Crippen LogP contribution in [-0.4, -0.2) is 18.3 Å². The van der Waals surface area contributed by atoms with Crippen LogP contribution >= 0.6 is 0 Å². The third kappa shape index (κ3) is 5.06. The molecule has 1 heterocycles. The summed E-state index contributed by atoms with van der Waals surface area (Å²) in [6.07, 6.45) is 6.09. The number of para-hydroxylation sites is 1. The van der Waals surface area contributed by atoms with Crippen LogP contribution < -0.4 is 10.4 Å². The molecule has 1 saturated heterocycles. The fourth-order valence-electron chi connectivity index (χ4n) is 6.49. The molecule has 44 heavy (non-hydrogen) atoms. The van der Waals surface area contributed by atoms with E-state index < -0.39 is 7.12 Å². The van der Waals surface area contributed by atoms with Gasteiger partial charge in [-0.25, -0.2) is 0 Å². The maximum Gasteiger partial charge on any atom is 0.494 e. The van der Waals surface area contributed by atoms with Crippen molar-refractivity contribution in [1.82, 2.24) is 0 Å². The predicted molar refractivity (Wildman–Crippen MR) is 187 cm³/mol. The Bertz CT molecular complexity index is 1750. The molecule has 0 spiro atoms. The fourth-order valence-corrected chi connectivity index (χ4v) is 6.49. The lowest BCUT2D eigenvalue weighted by Gasteiger charge is -2.32. The first kappa shape index (κ1) is 29.9. The van der Waals surface area contributed by atoms with Crippen molar-refractivity contribution >= 4 is 35.2 Å². The van der Waals surface area contributed by atoms with Gasteiger partial charge >= 0.3 is 7.12 Å². The largest absolute Gasteiger partial charge is 0.494 e. The molecule has 0 bridgehead atoms. The maximum absolute atomic E-state index is 6.37. The Hall–Kier alpha value is -4.12. The minimum Gasteiger partial charge on any atom is -0.399 e. The highest BCUT2D eigenvalue weighted by atomic mass is 16.7. The lowest BCUT2D eigenvalue weighted by molar-refractivity contribution is 0.00578. The van der Waals surface area contributed by atoms with E-state index in [0.717, 1.165) is 22.5 Å². The monoisotopic (exact) mass is 579 g/mol. The topological polar surface area (TPSA) is 21.7 Å². The summed E-state index contributed by atoms with van der Waals surface area (Å²) < 4.78 is 12.7. The van der Waals surface area contributed by atoms with Gasteiger partial charge in [0.25, 0.3) is 0 Å². The first-order valence-electron chi connectivity index (χ1n) is 15.5. The molecule has 0 N–H and O–H groups in total. The van der Waals surface area contributed by atoms with Gasteiger partial charge in [0.1, 0.15) is 0 Å². The Balaban J connectivity index is 1.48. The number of nitrogens with zero attached hydrogens (tertiary/aromatic N) is 1. The van der Waals surface area contributed by atoms with Gasteiger partial charge in [-0.15, -0.1) is 0 Å². The van der Waals surface area contributed by atoms with Gasteiger partial charge in [0, 0.05) is 22.4 Å². The molecule has 222 valence electrons. The Labute approximate surface area is 263 Å². The first-order chi connectivity index (χ1) is 20.9. The number of allylic oxidation sites excluding steroid dienone is 5. The van der Waals surface area contributed by atoms with E-state index >= 15 is 0 Å². The molecule has 0 amide bonds. The second-order valence-electron chi connectivity index (χ2n) is 13.4. The summed E-state index contributed by atoms with van der Waals surface area (Å²) in [4.78, 5) is 2.37. The predicted octanol–water partition coefficient (Wildman–Crippen LogP) is 9.93. The van der Waals surface area contributed by atoms with Gasteiger partial charge in [0.05, 0.1) is 16.9 Å².